The van der Waals surface area contributed by atoms with Crippen LogP contribution in [0, 0.1) is 12.3 Å². The van der Waals surface area contributed by atoms with Crippen LogP contribution in [-0.2, 0) is 0 Å². The Bertz CT molecular complexity index is 418. The van der Waals surface area contributed by atoms with Gasteiger partial charge in [0.1, 0.15) is 0 Å². The van der Waals surface area contributed by atoms with E-state index in [9.17, 15) is 0 Å². The summed E-state index contributed by atoms with van der Waals surface area (Å²) in [5.74, 6) is 0. The van der Waals surface area contributed by atoms with Gasteiger partial charge in [0.15, 0.2) is 0 Å². The van der Waals surface area contributed by atoms with Crippen LogP contribution in [0.3, 0.4) is 0 Å². The van der Waals surface area contributed by atoms with E-state index in [1.54, 1.807) is 0 Å². The van der Waals surface area contributed by atoms with Gasteiger partial charge in [-0.25, -0.2) is 0 Å². The Kier molecular flexibility index (Phi) is 2.85. The number of nitrogens with two attached hydrogens (primary N) is 1. The van der Waals surface area contributed by atoms with E-state index in [1.165, 1.54) is 16.7 Å². The first-order valence-electron chi connectivity index (χ1n) is 5.85. The number of pyridine rings is 1. The molecule has 2 N–H and O–H groups in total. The first-order chi connectivity index (χ1) is 7.46. The zero-order chi connectivity index (χ0) is 11.8. The van der Waals surface area contributed by atoms with E-state index in [4.69, 9.17) is 5.73 Å². The van der Waals surface area contributed by atoms with Crippen molar-refractivity contribution in [2.24, 2.45) is 11.1 Å². The Morgan fingerprint density at radius 2 is 2.12 bits per heavy atom. The Labute approximate surface area is 97.6 Å². The monoisotopic (exact) mass is 216 g/mol. The van der Waals surface area contributed by atoms with Crippen molar-refractivity contribution >= 4 is 5.57 Å². The first-order valence-corrected chi connectivity index (χ1v) is 5.85. The van der Waals surface area contributed by atoms with E-state index in [2.05, 4.69) is 37.9 Å². The Balaban J connectivity index is 2.34. The molecule has 0 bridgehead atoms. The van der Waals surface area contributed by atoms with Crippen molar-refractivity contribution in [2.45, 2.75) is 39.7 Å². The molecule has 1 aromatic rings. The summed E-state index contributed by atoms with van der Waals surface area (Å²) >= 11 is 0. The van der Waals surface area contributed by atoms with Gasteiger partial charge in [0, 0.05) is 18.4 Å². The lowest BCUT2D eigenvalue weighted by Crippen LogP contribution is -2.30. The lowest BCUT2D eigenvalue weighted by molar-refractivity contribution is 0.318. The van der Waals surface area contributed by atoms with Crippen LogP contribution in [0.25, 0.3) is 5.57 Å². The van der Waals surface area contributed by atoms with Crippen LogP contribution in [0.15, 0.2) is 24.5 Å². The van der Waals surface area contributed by atoms with Crippen LogP contribution in [0.2, 0.25) is 0 Å². The maximum absolute atomic E-state index is 6.08. The number of aryl methyl sites for hydroxylation is 1. The highest BCUT2D eigenvalue weighted by molar-refractivity contribution is 5.67. The van der Waals surface area contributed by atoms with E-state index in [0.29, 0.717) is 5.41 Å². The predicted molar refractivity (Wildman–Crippen MR) is 67.9 cm³/mol. The third kappa shape index (κ3) is 2.50. The maximum atomic E-state index is 6.08. The van der Waals surface area contributed by atoms with Crippen LogP contribution in [0.1, 0.15) is 37.8 Å². The van der Waals surface area contributed by atoms with Gasteiger partial charge in [-0.3, -0.25) is 4.98 Å². The molecule has 1 aliphatic rings. The summed E-state index contributed by atoms with van der Waals surface area (Å²) < 4.78 is 0. The number of aromatic nitrogens is 1. The zero-order valence-corrected chi connectivity index (χ0v) is 10.3. The summed E-state index contributed by atoms with van der Waals surface area (Å²) in [6.07, 6.45) is 8.17. The van der Waals surface area contributed by atoms with E-state index in [-0.39, 0.29) is 6.04 Å². The van der Waals surface area contributed by atoms with Crippen molar-refractivity contribution in [1.82, 2.24) is 4.98 Å². The van der Waals surface area contributed by atoms with Crippen molar-refractivity contribution in [3.63, 3.8) is 0 Å². The fourth-order valence-corrected chi connectivity index (χ4v) is 2.53. The van der Waals surface area contributed by atoms with E-state index in [1.807, 2.05) is 12.4 Å². The minimum Gasteiger partial charge on any atom is -0.324 e. The van der Waals surface area contributed by atoms with Crippen LogP contribution in [0.4, 0.5) is 0 Å². The molecule has 0 saturated heterocycles. The molecule has 1 unspecified atom stereocenters. The molecule has 1 aromatic heterocycles. The molecular weight excluding hydrogens is 196 g/mol. The molecular formula is C14H20N2. The lowest BCUT2D eigenvalue weighted by Gasteiger charge is -2.33. The minimum atomic E-state index is 0.180. The molecule has 1 heterocycles. The van der Waals surface area contributed by atoms with Gasteiger partial charge in [0.05, 0.1) is 0 Å². The third-order valence-corrected chi connectivity index (χ3v) is 3.12. The van der Waals surface area contributed by atoms with Gasteiger partial charge >= 0.3 is 0 Å². The second-order valence-electron chi connectivity index (χ2n) is 5.65. The summed E-state index contributed by atoms with van der Waals surface area (Å²) in [6, 6.07) is 2.37. The minimum absolute atomic E-state index is 0.180. The standard InChI is InChI=1S/C14H20N2/c1-10-4-12(9-16-8-10)11-5-13(15)7-14(2,3)6-11/h4-5,8-9,13H,6-7,15H2,1-3H3. The van der Waals surface area contributed by atoms with Crippen molar-refractivity contribution in [2.75, 3.05) is 0 Å². The van der Waals surface area contributed by atoms with Gasteiger partial charge in [-0.15, -0.1) is 0 Å². The van der Waals surface area contributed by atoms with Crippen molar-refractivity contribution < 1.29 is 0 Å². The van der Waals surface area contributed by atoms with Gasteiger partial charge in [0.2, 0.25) is 0 Å². The molecule has 0 saturated carbocycles. The van der Waals surface area contributed by atoms with Gasteiger partial charge in [-0.1, -0.05) is 19.9 Å². The molecule has 1 aliphatic carbocycles. The second kappa shape index (κ2) is 4.02. The highest BCUT2D eigenvalue weighted by atomic mass is 14.6. The molecule has 0 amide bonds. The summed E-state index contributed by atoms with van der Waals surface area (Å²) in [6.45, 7) is 6.64. The molecule has 0 aromatic carbocycles. The molecule has 2 heteroatoms. The van der Waals surface area contributed by atoms with Crippen LogP contribution < -0.4 is 5.73 Å². The molecule has 0 spiro atoms. The van der Waals surface area contributed by atoms with Crippen LogP contribution >= 0.6 is 0 Å². The lowest BCUT2D eigenvalue weighted by atomic mass is 9.74. The highest BCUT2D eigenvalue weighted by Crippen LogP contribution is 2.38. The molecule has 2 rings (SSSR count). The fraction of sp³-hybridized carbons (Fsp3) is 0.500. The number of hydrogen-bond donors (Lipinski definition) is 1. The van der Waals surface area contributed by atoms with E-state index >= 15 is 0 Å². The highest BCUT2D eigenvalue weighted by Gasteiger charge is 2.27. The molecule has 0 aliphatic heterocycles. The van der Waals surface area contributed by atoms with E-state index in [0.717, 1.165) is 12.8 Å². The molecule has 16 heavy (non-hydrogen) atoms. The second-order valence-corrected chi connectivity index (χ2v) is 5.65. The average molecular weight is 216 g/mol. The Morgan fingerprint density at radius 1 is 1.38 bits per heavy atom. The van der Waals surface area contributed by atoms with Gasteiger partial charge in [0.25, 0.3) is 0 Å². The summed E-state index contributed by atoms with van der Waals surface area (Å²) in [5, 5.41) is 0. The normalized spacial score (nSPS) is 24.0. The molecule has 2 nitrogen and oxygen atoms in total. The summed E-state index contributed by atoms with van der Waals surface area (Å²) in [7, 11) is 0. The Morgan fingerprint density at radius 3 is 2.75 bits per heavy atom. The van der Waals surface area contributed by atoms with Crippen molar-refractivity contribution in [3.8, 4) is 0 Å². The number of allylic oxidation sites excluding steroid dienone is 1. The number of hydrogen-bond acceptors (Lipinski definition) is 2. The molecule has 1 atom stereocenters. The van der Waals surface area contributed by atoms with Crippen molar-refractivity contribution in [3.05, 3.63) is 35.7 Å². The Hall–Kier alpha value is -1.15. The zero-order valence-electron chi connectivity index (χ0n) is 10.3. The van der Waals surface area contributed by atoms with E-state index < -0.39 is 0 Å². The summed E-state index contributed by atoms with van der Waals surface area (Å²) in [4.78, 5) is 4.25. The maximum Gasteiger partial charge on any atom is 0.0343 e. The number of nitrogens with zero attached hydrogens (tertiary/aromatic N) is 1. The van der Waals surface area contributed by atoms with Gasteiger partial charge < -0.3 is 5.73 Å². The fourth-order valence-electron chi connectivity index (χ4n) is 2.53. The SMILES string of the molecule is Cc1cncc(C2=CC(N)CC(C)(C)C2)c1. The molecule has 0 fully saturated rings. The third-order valence-electron chi connectivity index (χ3n) is 3.12. The smallest absolute Gasteiger partial charge is 0.0343 e. The predicted octanol–water partition coefficient (Wildman–Crippen LogP) is 2.92. The van der Waals surface area contributed by atoms with Gasteiger partial charge in [-0.2, -0.15) is 0 Å². The molecule has 0 radical (unpaired) electrons. The first kappa shape index (κ1) is 11.3. The van der Waals surface area contributed by atoms with Crippen LogP contribution in [-0.4, -0.2) is 11.0 Å². The quantitative estimate of drug-likeness (QED) is 0.784. The summed E-state index contributed by atoms with van der Waals surface area (Å²) in [5.41, 5.74) is 10.2. The van der Waals surface area contributed by atoms with Crippen molar-refractivity contribution in [1.29, 1.82) is 0 Å². The topological polar surface area (TPSA) is 38.9 Å². The molecule has 86 valence electrons. The largest absolute Gasteiger partial charge is 0.324 e. The average Bonchev–Trinajstić information content (AvgIpc) is 2.14. The number of rotatable bonds is 1. The van der Waals surface area contributed by atoms with Gasteiger partial charge in [-0.05, 0) is 47.9 Å². The van der Waals surface area contributed by atoms with Crippen LogP contribution in [0.5, 0.6) is 0 Å².